The van der Waals surface area contributed by atoms with Gasteiger partial charge in [-0.25, -0.2) is 0 Å². The van der Waals surface area contributed by atoms with Gasteiger partial charge in [-0.05, 0) is 0 Å². The van der Waals surface area contributed by atoms with Crippen LogP contribution in [-0.4, -0.2) is 5.78 Å². The first kappa shape index (κ1) is 15.3. The molecule has 0 unspecified atom stereocenters. The van der Waals surface area contributed by atoms with E-state index < -0.39 is 0 Å². The molecule has 1 nitrogen and oxygen atoms in total. The van der Waals surface area contributed by atoms with Crippen molar-refractivity contribution in [1.82, 2.24) is 0 Å². The minimum absolute atomic E-state index is 0. The maximum absolute atomic E-state index is 11.8. The first-order valence-electron chi connectivity index (χ1n) is 4.35. The van der Waals surface area contributed by atoms with Crippen LogP contribution >= 0.6 is 0 Å². The average molecular weight is 282 g/mol. The summed E-state index contributed by atoms with van der Waals surface area (Å²) in [6, 6.07) is 19.8. The Morgan fingerprint density at radius 1 is 0.750 bits per heavy atom. The van der Waals surface area contributed by atoms with Gasteiger partial charge in [-0.3, -0.25) is 4.79 Å². The number of rotatable bonds is 2. The van der Waals surface area contributed by atoms with E-state index in [9.17, 15) is 4.79 Å². The summed E-state index contributed by atoms with van der Waals surface area (Å²) in [5.41, 5.74) is 1.38. The molecule has 0 aliphatic heterocycles. The van der Waals surface area contributed by atoms with Crippen LogP contribution in [0.2, 0.25) is 0 Å². The first-order valence-corrected chi connectivity index (χ1v) is 4.35. The fourth-order valence-electron chi connectivity index (χ4n) is 1.24. The molecular formula is C13H8OV2-2. The number of hydrogen-bond acceptors (Lipinski definition) is 1. The zero-order valence-electron chi connectivity index (χ0n) is 8.42. The molecule has 3 heteroatoms. The van der Waals surface area contributed by atoms with Gasteiger partial charge in [0.2, 0.25) is 0 Å². The summed E-state index contributed by atoms with van der Waals surface area (Å²) < 4.78 is 0. The van der Waals surface area contributed by atoms with E-state index in [-0.39, 0.29) is 42.9 Å². The van der Waals surface area contributed by atoms with Gasteiger partial charge in [0.15, 0.2) is 0 Å². The molecule has 0 heterocycles. The minimum Gasteiger partial charge on any atom is -0.293 e. The van der Waals surface area contributed by atoms with Crippen molar-refractivity contribution in [2.24, 2.45) is 0 Å². The average Bonchev–Trinajstić information content (AvgIpc) is 2.30. The summed E-state index contributed by atoms with van der Waals surface area (Å²) in [7, 11) is 0. The van der Waals surface area contributed by atoms with E-state index in [4.69, 9.17) is 0 Å². The van der Waals surface area contributed by atoms with Gasteiger partial charge in [0.1, 0.15) is 5.78 Å². The van der Waals surface area contributed by atoms with E-state index >= 15 is 0 Å². The van der Waals surface area contributed by atoms with Gasteiger partial charge >= 0.3 is 0 Å². The van der Waals surface area contributed by atoms with Crippen LogP contribution in [0.25, 0.3) is 0 Å². The Labute approximate surface area is 119 Å². The van der Waals surface area contributed by atoms with Gasteiger partial charge in [-0.1, -0.05) is 11.1 Å². The molecule has 0 aromatic heterocycles. The third-order valence-corrected chi connectivity index (χ3v) is 1.96. The molecule has 0 spiro atoms. The van der Waals surface area contributed by atoms with Crippen LogP contribution in [-0.2, 0) is 37.1 Å². The number of carbonyl (C=O) groups is 1. The molecule has 2 radical (unpaired) electrons. The second kappa shape index (κ2) is 7.54. The Bertz CT molecular complexity index is 385. The van der Waals surface area contributed by atoms with E-state index in [1.165, 1.54) is 0 Å². The summed E-state index contributed by atoms with van der Waals surface area (Å²) in [5, 5.41) is 0. The van der Waals surface area contributed by atoms with Crippen molar-refractivity contribution >= 4 is 5.78 Å². The topological polar surface area (TPSA) is 17.1 Å². The summed E-state index contributed by atoms with van der Waals surface area (Å²) in [4.78, 5) is 11.8. The molecule has 0 N–H and O–H groups in total. The third-order valence-electron chi connectivity index (χ3n) is 1.96. The van der Waals surface area contributed by atoms with Crippen LogP contribution in [0.15, 0.2) is 48.5 Å². The number of hydrogen-bond donors (Lipinski definition) is 0. The largest absolute Gasteiger partial charge is 0.293 e. The summed E-state index contributed by atoms with van der Waals surface area (Å²) in [6.45, 7) is 0. The van der Waals surface area contributed by atoms with Crippen LogP contribution in [0, 0.1) is 12.1 Å². The SMILES string of the molecule is O=C(c1cc[c-]cc1)c1cc[c-]cc1.[V].[V]. The maximum atomic E-state index is 11.8. The van der Waals surface area contributed by atoms with Crippen LogP contribution in [0.1, 0.15) is 15.9 Å². The van der Waals surface area contributed by atoms with Crippen molar-refractivity contribution in [2.75, 3.05) is 0 Å². The summed E-state index contributed by atoms with van der Waals surface area (Å²) >= 11 is 0. The van der Waals surface area contributed by atoms with Crippen LogP contribution in [0.4, 0.5) is 0 Å². The van der Waals surface area contributed by atoms with E-state index in [0.717, 1.165) is 0 Å². The monoisotopic (exact) mass is 282 g/mol. The third kappa shape index (κ3) is 3.69. The molecule has 0 bridgehead atoms. The van der Waals surface area contributed by atoms with E-state index in [1.807, 2.05) is 0 Å². The molecule has 0 saturated carbocycles. The molecule has 2 aromatic rings. The molecule has 0 aliphatic rings. The quantitative estimate of drug-likeness (QED) is 0.611. The van der Waals surface area contributed by atoms with Crippen molar-refractivity contribution in [1.29, 1.82) is 0 Å². The molecular weight excluding hydrogens is 274 g/mol. The van der Waals surface area contributed by atoms with E-state index in [2.05, 4.69) is 12.1 Å². The molecule has 0 saturated heterocycles. The first-order chi connectivity index (χ1) is 6.88. The molecule has 78 valence electrons. The normalized spacial score (nSPS) is 8.50. The van der Waals surface area contributed by atoms with Gasteiger partial charge in [0.05, 0.1) is 0 Å². The maximum Gasteiger partial charge on any atom is 0.145 e. The van der Waals surface area contributed by atoms with Gasteiger partial charge < -0.3 is 0 Å². The Morgan fingerprint density at radius 2 is 1.06 bits per heavy atom. The summed E-state index contributed by atoms with van der Waals surface area (Å²) in [6.07, 6.45) is 0. The van der Waals surface area contributed by atoms with Gasteiger partial charge in [0, 0.05) is 37.1 Å². The predicted octanol–water partition coefficient (Wildman–Crippen LogP) is 2.51. The fourth-order valence-corrected chi connectivity index (χ4v) is 1.24. The molecule has 0 fully saturated rings. The molecule has 2 aromatic carbocycles. The van der Waals surface area contributed by atoms with Crippen molar-refractivity contribution in [3.8, 4) is 0 Å². The summed E-state index contributed by atoms with van der Waals surface area (Å²) in [5.74, 6) is 0.0352. The zero-order chi connectivity index (χ0) is 9.80. The van der Waals surface area contributed by atoms with Crippen LogP contribution < -0.4 is 0 Å². The van der Waals surface area contributed by atoms with Crippen molar-refractivity contribution in [3.63, 3.8) is 0 Å². The number of benzene rings is 2. The molecule has 2 rings (SSSR count). The van der Waals surface area contributed by atoms with Gasteiger partial charge in [-0.2, -0.15) is 60.7 Å². The molecule has 0 aliphatic carbocycles. The molecule has 0 atom stereocenters. The Hall–Kier alpha value is -0.721. The second-order valence-electron chi connectivity index (χ2n) is 2.91. The predicted molar refractivity (Wildman–Crippen MR) is 54.0 cm³/mol. The fraction of sp³-hybridized carbons (Fsp3) is 0. The second-order valence-corrected chi connectivity index (χ2v) is 2.91. The Kier molecular flexibility index (Phi) is 7.20. The van der Waals surface area contributed by atoms with Crippen LogP contribution in [0.3, 0.4) is 0 Å². The standard InChI is InChI=1S/C13H8O.2V/c14-13(11-7-3-1-4-8-11)12-9-5-2-6-10-12;;/h3-10H;;/q-2;;. The number of ketones is 1. The molecule has 0 amide bonds. The number of carbonyl (C=O) groups excluding carboxylic acids is 1. The smallest absolute Gasteiger partial charge is 0.145 e. The van der Waals surface area contributed by atoms with E-state index in [1.54, 1.807) is 48.5 Å². The Morgan fingerprint density at radius 3 is 1.38 bits per heavy atom. The molecule has 16 heavy (non-hydrogen) atoms. The van der Waals surface area contributed by atoms with Crippen LogP contribution in [0.5, 0.6) is 0 Å². The Balaban J connectivity index is 0.00000112. The van der Waals surface area contributed by atoms with Gasteiger partial charge in [0.25, 0.3) is 0 Å². The van der Waals surface area contributed by atoms with Crippen molar-refractivity contribution in [2.45, 2.75) is 0 Å². The minimum atomic E-state index is 0. The van der Waals surface area contributed by atoms with Gasteiger partial charge in [-0.15, -0.1) is 0 Å². The van der Waals surface area contributed by atoms with E-state index in [0.29, 0.717) is 11.1 Å². The van der Waals surface area contributed by atoms with Crippen molar-refractivity contribution < 1.29 is 41.9 Å². The zero-order valence-corrected chi connectivity index (χ0v) is 11.2. The van der Waals surface area contributed by atoms with Crippen molar-refractivity contribution in [3.05, 3.63) is 71.8 Å².